The lowest BCUT2D eigenvalue weighted by atomic mass is 9.99. The van der Waals surface area contributed by atoms with E-state index in [1.165, 1.54) is 0 Å². The first-order chi connectivity index (χ1) is 11.3. The van der Waals surface area contributed by atoms with E-state index < -0.39 is 28.4 Å². The topological polar surface area (TPSA) is 132 Å². The SMILES string of the molecule is CCC(C)C(NC(=O)CCCn1cc([N+](=O)[O-])ccc1=O)C(=O)O. The summed E-state index contributed by atoms with van der Waals surface area (Å²) in [5.74, 6) is -1.72. The lowest BCUT2D eigenvalue weighted by molar-refractivity contribution is -0.385. The number of nitro groups is 1. The van der Waals surface area contributed by atoms with Crippen LogP contribution in [-0.4, -0.2) is 32.5 Å². The Morgan fingerprint density at radius 3 is 2.62 bits per heavy atom. The fourth-order valence-electron chi connectivity index (χ4n) is 2.14. The number of amides is 1. The molecule has 2 atom stereocenters. The molecule has 1 aromatic heterocycles. The molecule has 0 aromatic carbocycles. The van der Waals surface area contributed by atoms with Crippen LogP contribution in [0.25, 0.3) is 0 Å². The molecule has 0 saturated heterocycles. The van der Waals surface area contributed by atoms with Crippen molar-refractivity contribution in [1.82, 2.24) is 9.88 Å². The van der Waals surface area contributed by atoms with Gasteiger partial charge in [-0.2, -0.15) is 0 Å². The minimum atomic E-state index is -1.09. The molecule has 0 saturated carbocycles. The lowest BCUT2D eigenvalue weighted by Crippen LogP contribution is -2.45. The molecule has 24 heavy (non-hydrogen) atoms. The van der Waals surface area contributed by atoms with Gasteiger partial charge >= 0.3 is 5.97 Å². The van der Waals surface area contributed by atoms with E-state index in [1.54, 1.807) is 6.92 Å². The molecule has 9 heteroatoms. The number of hydrogen-bond acceptors (Lipinski definition) is 5. The highest BCUT2D eigenvalue weighted by Gasteiger charge is 2.24. The predicted octanol–water partition coefficient (Wildman–Crippen LogP) is 1.15. The third-order valence-corrected chi connectivity index (χ3v) is 3.78. The molecule has 0 aliphatic rings. The van der Waals surface area contributed by atoms with E-state index in [-0.39, 0.29) is 31.0 Å². The smallest absolute Gasteiger partial charge is 0.326 e. The summed E-state index contributed by atoms with van der Waals surface area (Å²) in [5.41, 5.74) is -0.606. The van der Waals surface area contributed by atoms with Crippen molar-refractivity contribution in [2.24, 2.45) is 5.92 Å². The monoisotopic (exact) mass is 339 g/mol. The van der Waals surface area contributed by atoms with E-state index in [4.69, 9.17) is 5.11 Å². The number of hydrogen-bond donors (Lipinski definition) is 2. The molecular weight excluding hydrogens is 318 g/mol. The second kappa shape index (κ2) is 8.80. The Morgan fingerprint density at radius 2 is 2.08 bits per heavy atom. The Balaban J connectivity index is 2.60. The zero-order valence-corrected chi connectivity index (χ0v) is 13.6. The first-order valence-corrected chi connectivity index (χ1v) is 7.63. The number of nitrogens with zero attached hydrogens (tertiary/aromatic N) is 2. The Labute approximate surface area is 138 Å². The molecule has 0 bridgehead atoms. The van der Waals surface area contributed by atoms with Gasteiger partial charge in [-0.15, -0.1) is 0 Å². The number of aromatic nitrogens is 1. The zero-order chi connectivity index (χ0) is 18.3. The Hall–Kier alpha value is -2.71. The van der Waals surface area contributed by atoms with Gasteiger partial charge in [-0.05, 0) is 12.3 Å². The Morgan fingerprint density at radius 1 is 1.42 bits per heavy atom. The van der Waals surface area contributed by atoms with E-state index in [9.17, 15) is 24.5 Å². The van der Waals surface area contributed by atoms with Crippen molar-refractivity contribution in [1.29, 1.82) is 0 Å². The van der Waals surface area contributed by atoms with Crippen LogP contribution in [0.5, 0.6) is 0 Å². The van der Waals surface area contributed by atoms with Crippen molar-refractivity contribution >= 4 is 17.6 Å². The van der Waals surface area contributed by atoms with E-state index >= 15 is 0 Å². The molecule has 0 aliphatic carbocycles. The maximum Gasteiger partial charge on any atom is 0.326 e. The molecule has 132 valence electrons. The van der Waals surface area contributed by atoms with Crippen molar-refractivity contribution in [2.45, 2.75) is 45.7 Å². The molecule has 0 fully saturated rings. The van der Waals surface area contributed by atoms with Crippen molar-refractivity contribution in [3.8, 4) is 0 Å². The van der Waals surface area contributed by atoms with Crippen LogP contribution in [0.4, 0.5) is 5.69 Å². The normalized spacial score (nSPS) is 13.1. The first kappa shape index (κ1) is 19.3. The van der Waals surface area contributed by atoms with Gasteiger partial charge in [0.1, 0.15) is 6.04 Å². The third-order valence-electron chi connectivity index (χ3n) is 3.78. The van der Waals surface area contributed by atoms with Gasteiger partial charge in [0.25, 0.3) is 11.2 Å². The average Bonchev–Trinajstić information content (AvgIpc) is 2.53. The van der Waals surface area contributed by atoms with Crippen LogP contribution in [0.3, 0.4) is 0 Å². The highest BCUT2D eigenvalue weighted by Crippen LogP contribution is 2.09. The van der Waals surface area contributed by atoms with Gasteiger partial charge in [0.15, 0.2) is 0 Å². The molecular formula is C15H21N3O6. The fraction of sp³-hybridized carbons (Fsp3) is 0.533. The van der Waals surface area contributed by atoms with Crippen LogP contribution in [0.2, 0.25) is 0 Å². The molecule has 0 aliphatic heterocycles. The molecule has 9 nitrogen and oxygen atoms in total. The van der Waals surface area contributed by atoms with Crippen molar-refractivity contribution in [3.63, 3.8) is 0 Å². The Bertz CT molecular complexity index is 669. The van der Waals surface area contributed by atoms with E-state index in [0.29, 0.717) is 6.42 Å². The van der Waals surface area contributed by atoms with E-state index in [1.807, 2.05) is 6.92 Å². The molecule has 1 rings (SSSR count). The molecule has 1 amide bonds. The average molecular weight is 339 g/mol. The van der Waals surface area contributed by atoms with Gasteiger partial charge in [0, 0.05) is 25.1 Å². The maximum atomic E-state index is 11.9. The van der Waals surface area contributed by atoms with Gasteiger partial charge in [0.05, 0.1) is 11.1 Å². The van der Waals surface area contributed by atoms with Crippen LogP contribution in [0.15, 0.2) is 23.1 Å². The molecule has 0 spiro atoms. The van der Waals surface area contributed by atoms with Gasteiger partial charge in [-0.1, -0.05) is 20.3 Å². The highest BCUT2D eigenvalue weighted by atomic mass is 16.6. The number of nitrogens with one attached hydrogen (secondary N) is 1. The maximum absolute atomic E-state index is 11.9. The fourth-order valence-corrected chi connectivity index (χ4v) is 2.14. The molecule has 2 unspecified atom stereocenters. The summed E-state index contributed by atoms with van der Waals surface area (Å²) in [6, 6.07) is 1.26. The van der Waals surface area contributed by atoms with Crippen LogP contribution >= 0.6 is 0 Å². The van der Waals surface area contributed by atoms with Gasteiger partial charge < -0.3 is 15.0 Å². The number of aryl methyl sites for hydroxylation is 1. The molecule has 0 radical (unpaired) electrons. The van der Waals surface area contributed by atoms with Crippen LogP contribution in [0.1, 0.15) is 33.1 Å². The zero-order valence-electron chi connectivity index (χ0n) is 13.6. The number of pyridine rings is 1. The number of carboxylic acids is 1. The van der Waals surface area contributed by atoms with Crippen molar-refractivity contribution < 1.29 is 19.6 Å². The largest absolute Gasteiger partial charge is 0.480 e. The van der Waals surface area contributed by atoms with Crippen LogP contribution in [-0.2, 0) is 16.1 Å². The second-order valence-electron chi connectivity index (χ2n) is 5.55. The summed E-state index contributed by atoms with van der Waals surface area (Å²) in [6.07, 6.45) is 2.02. The third kappa shape index (κ3) is 5.49. The summed E-state index contributed by atoms with van der Waals surface area (Å²) < 4.78 is 1.16. The molecule has 1 heterocycles. The number of carbonyl (C=O) groups excluding carboxylic acids is 1. The standard InChI is InChI=1S/C15H21N3O6/c1-3-10(2)14(15(21)22)16-12(19)5-4-8-17-9-11(18(23)24)6-7-13(17)20/h6-7,9-10,14H,3-5,8H2,1-2H3,(H,16,19)(H,21,22). The summed E-state index contributed by atoms with van der Waals surface area (Å²) >= 11 is 0. The number of carbonyl (C=O) groups is 2. The minimum absolute atomic E-state index is 0.0232. The predicted molar refractivity (Wildman–Crippen MR) is 85.6 cm³/mol. The number of carboxylic acid groups (broad SMARTS) is 1. The van der Waals surface area contributed by atoms with Crippen molar-refractivity contribution in [3.05, 3.63) is 38.8 Å². The highest BCUT2D eigenvalue weighted by molar-refractivity contribution is 5.83. The Kier molecular flexibility index (Phi) is 7.09. The molecule has 2 N–H and O–H groups in total. The lowest BCUT2D eigenvalue weighted by Gasteiger charge is -2.20. The minimum Gasteiger partial charge on any atom is -0.480 e. The van der Waals surface area contributed by atoms with Gasteiger partial charge in [-0.3, -0.25) is 19.7 Å². The first-order valence-electron chi connectivity index (χ1n) is 7.63. The summed E-state index contributed by atoms with van der Waals surface area (Å²) in [6.45, 7) is 3.71. The number of rotatable bonds is 9. The quantitative estimate of drug-likeness (QED) is 0.512. The van der Waals surface area contributed by atoms with Crippen molar-refractivity contribution in [2.75, 3.05) is 0 Å². The van der Waals surface area contributed by atoms with E-state index in [0.717, 1.165) is 22.9 Å². The van der Waals surface area contributed by atoms with Gasteiger partial charge in [0.2, 0.25) is 5.91 Å². The van der Waals surface area contributed by atoms with E-state index in [2.05, 4.69) is 5.32 Å². The summed E-state index contributed by atoms with van der Waals surface area (Å²) in [4.78, 5) is 44.7. The molecule has 1 aromatic rings. The number of aliphatic carboxylic acids is 1. The van der Waals surface area contributed by atoms with Crippen LogP contribution in [0, 0.1) is 16.0 Å². The van der Waals surface area contributed by atoms with Crippen LogP contribution < -0.4 is 10.9 Å². The summed E-state index contributed by atoms with van der Waals surface area (Å²) in [7, 11) is 0. The second-order valence-corrected chi connectivity index (χ2v) is 5.55. The van der Waals surface area contributed by atoms with Gasteiger partial charge in [-0.25, -0.2) is 4.79 Å². The summed E-state index contributed by atoms with van der Waals surface area (Å²) in [5, 5.41) is 22.3.